The number of hydrogen-bond acceptors (Lipinski definition) is 7. The highest BCUT2D eigenvalue weighted by Crippen LogP contribution is 2.34. The molecule has 0 aliphatic rings. The second-order valence-electron chi connectivity index (χ2n) is 6.64. The number of aromatic nitrogens is 3. The van der Waals surface area contributed by atoms with E-state index in [-0.39, 0.29) is 39.2 Å². The van der Waals surface area contributed by atoms with Crippen LogP contribution in [0.2, 0.25) is 5.15 Å². The Morgan fingerprint density at radius 3 is 2.53 bits per heavy atom. The zero-order valence-corrected chi connectivity index (χ0v) is 17.9. The molecule has 0 atom stereocenters. The van der Waals surface area contributed by atoms with Gasteiger partial charge in [-0.3, -0.25) is 0 Å². The van der Waals surface area contributed by atoms with Gasteiger partial charge in [0.2, 0.25) is 5.89 Å². The largest absolute Gasteiger partial charge is 0.435 e. The summed E-state index contributed by atoms with van der Waals surface area (Å²) in [6, 6.07) is 8.81. The van der Waals surface area contributed by atoms with Crippen molar-refractivity contribution < 1.29 is 26.0 Å². The van der Waals surface area contributed by atoms with E-state index < -0.39 is 21.6 Å². The number of fused-ring (bicyclic) bond motifs is 1. The van der Waals surface area contributed by atoms with E-state index >= 15 is 0 Å². The molecule has 7 nitrogen and oxygen atoms in total. The lowest BCUT2D eigenvalue weighted by Crippen LogP contribution is -2.08. The molecule has 4 aromatic rings. The normalized spacial score (nSPS) is 12.3. The number of pyridine rings is 2. The average Bonchev–Trinajstić information content (AvgIpc) is 3.18. The van der Waals surface area contributed by atoms with Crippen LogP contribution in [-0.4, -0.2) is 29.1 Å². The van der Waals surface area contributed by atoms with Gasteiger partial charge in [-0.2, -0.15) is 13.2 Å². The fourth-order valence-electron chi connectivity index (χ4n) is 2.88. The maximum absolute atomic E-state index is 13.0. The van der Waals surface area contributed by atoms with Crippen molar-refractivity contribution in [3.63, 3.8) is 0 Å². The summed E-state index contributed by atoms with van der Waals surface area (Å²) < 4.78 is 69.8. The van der Waals surface area contributed by atoms with Gasteiger partial charge in [0, 0.05) is 0 Å². The highest BCUT2D eigenvalue weighted by atomic mass is 35.5. The van der Waals surface area contributed by atoms with Crippen LogP contribution in [-0.2, 0) is 16.0 Å². The van der Waals surface area contributed by atoms with E-state index in [4.69, 9.17) is 16.0 Å². The summed E-state index contributed by atoms with van der Waals surface area (Å²) in [6.45, 7) is 1.46. The van der Waals surface area contributed by atoms with E-state index in [0.717, 1.165) is 18.2 Å². The lowest BCUT2D eigenvalue weighted by molar-refractivity contribution is -0.137. The van der Waals surface area contributed by atoms with Gasteiger partial charge in [-0.05, 0) is 42.5 Å². The molecule has 0 radical (unpaired) electrons. The van der Waals surface area contributed by atoms with Gasteiger partial charge in [0.05, 0.1) is 28.1 Å². The molecule has 4 rings (SSSR count). The molecule has 166 valence electrons. The Morgan fingerprint density at radius 2 is 1.88 bits per heavy atom. The predicted octanol–water partition coefficient (Wildman–Crippen LogP) is 5.49. The Bertz CT molecular complexity index is 1400. The van der Waals surface area contributed by atoms with Crippen LogP contribution < -0.4 is 5.32 Å². The first kappa shape index (κ1) is 22.0. The molecule has 12 heteroatoms. The first-order valence-corrected chi connectivity index (χ1v) is 11.2. The zero-order valence-electron chi connectivity index (χ0n) is 16.3. The van der Waals surface area contributed by atoms with Crippen LogP contribution in [0.25, 0.3) is 22.7 Å². The molecule has 1 N–H and O–H groups in total. The van der Waals surface area contributed by atoms with Crippen molar-refractivity contribution in [2.45, 2.75) is 18.0 Å². The number of hydrogen-bond donors (Lipinski definition) is 1. The monoisotopic (exact) mass is 482 g/mol. The van der Waals surface area contributed by atoms with E-state index in [0.29, 0.717) is 10.8 Å². The minimum absolute atomic E-state index is 0.0647. The van der Waals surface area contributed by atoms with Gasteiger partial charge in [-0.1, -0.05) is 18.5 Å². The van der Waals surface area contributed by atoms with Crippen LogP contribution in [0.15, 0.2) is 58.0 Å². The Labute approximate surface area is 185 Å². The van der Waals surface area contributed by atoms with Crippen molar-refractivity contribution in [1.29, 1.82) is 0 Å². The molecule has 0 bridgehead atoms. The van der Waals surface area contributed by atoms with Gasteiger partial charge in [0.1, 0.15) is 22.2 Å². The fraction of sp³-hybridized carbons (Fsp3) is 0.150. The van der Waals surface area contributed by atoms with Crippen molar-refractivity contribution in [2.24, 2.45) is 0 Å². The minimum atomic E-state index is -4.56. The first-order valence-electron chi connectivity index (χ1n) is 9.17. The Hall–Kier alpha value is -3.18. The van der Waals surface area contributed by atoms with Crippen molar-refractivity contribution >= 4 is 44.0 Å². The first-order chi connectivity index (χ1) is 15.1. The molecule has 0 saturated heterocycles. The number of rotatable bonds is 5. The van der Waals surface area contributed by atoms with E-state index in [1.807, 2.05) is 0 Å². The van der Waals surface area contributed by atoms with Crippen molar-refractivity contribution in [3.8, 4) is 11.6 Å². The summed E-state index contributed by atoms with van der Waals surface area (Å²) in [4.78, 5) is 12.2. The smallest absolute Gasteiger partial charge is 0.416 e. The van der Waals surface area contributed by atoms with E-state index in [9.17, 15) is 21.6 Å². The third-order valence-electron chi connectivity index (χ3n) is 4.49. The molecule has 0 spiro atoms. The molecule has 0 aliphatic heterocycles. The molecule has 32 heavy (non-hydrogen) atoms. The van der Waals surface area contributed by atoms with Crippen LogP contribution >= 0.6 is 11.6 Å². The molecule has 0 saturated carbocycles. The molecular formula is C20H14ClF3N4O3S. The van der Waals surface area contributed by atoms with Crippen LogP contribution in [0.4, 0.5) is 24.7 Å². The fourth-order valence-corrected chi connectivity index (χ4v) is 4.00. The summed E-state index contributed by atoms with van der Waals surface area (Å²) in [5.41, 5.74) is -0.494. The lowest BCUT2D eigenvalue weighted by Gasteiger charge is -2.10. The number of nitrogens with zero attached hydrogens (tertiary/aromatic N) is 3. The Kier molecular flexibility index (Phi) is 5.55. The molecule has 1 aromatic carbocycles. The molecule has 3 aromatic heterocycles. The summed E-state index contributed by atoms with van der Waals surface area (Å²) in [5, 5.41) is 3.25. The Morgan fingerprint density at radius 1 is 1.09 bits per heavy atom. The topological polar surface area (TPSA) is 98.0 Å². The van der Waals surface area contributed by atoms with Crippen molar-refractivity contribution in [1.82, 2.24) is 15.0 Å². The third-order valence-corrected chi connectivity index (χ3v) is 6.47. The van der Waals surface area contributed by atoms with Crippen molar-refractivity contribution in [3.05, 3.63) is 59.4 Å². The highest BCUT2D eigenvalue weighted by molar-refractivity contribution is 7.91. The molecule has 0 amide bonds. The van der Waals surface area contributed by atoms with Crippen LogP contribution in [0.1, 0.15) is 12.5 Å². The van der Waals surface area contributed by atoms with Crippen LogP contribution in [0.3, 0.4) is 0 Å². The van der Waals surface area contributed by atoms with E-state index in [1.54, 1.807) is 12.1 Å². The maximum Gasteiger partial charge on any atom is 0.416 e. The molecule has 0 aliphatic carbocycles. The van der Waals surface area contributed by atoms with Crippen molar-refractivity contribution in [2.75, 3.05) is 11.1 Å². The van der Waals surface area contributed by atoms with Crippen LogP contribution in [0.5, 0.6) is 0 Å². The second kappa shape index (κ2) is 8.06. The maximum atomic E-state index is 13.0. The number of sulfone groups is 1. The van der Waals surface area contributed by atoms with Crippen LogP contribution in [0, 0.1) is 0 Å². The third kappa shape index (κ3) is 4.39. The summed E-state index contributed by atoms with van der Waals surface area (Å²) >= 11 is 5.77. The summed E-state index contributed by atoms with van der Waals surface area (Å²) in [6.07, 6.45) is -3.10. The van der Waals surface area contributed by atoms with Gasteiger partial charge in [-0.15, -0.1) is 0 Å². The van der Waals surface area contributed by atoms with Gasteiger partial charge >= 0.3 is 6.18 Å². The molecule has 3 heterocycles. The van der Waals surface area contributed by atoms with Gasteiger partial charge in [0.15, 0.2) is 15.4 Å². The van der Waals surface area contributed by atoms with E-state index in [2.05, 4.69) is 20.3 Å². The minimum Gasteiger partial charge on any atom is -0.435 e. The van der Waals surface area contributed by atoms with Gasteiger partial charge < -0.3 is 9.73 Å². The lowest BCUT2D eigenvalue weighted by atomic mass is 10.2. The standard InChI is InChI=1S/C20H14ClF3N4O3S/c1-2-32(29,30)15-6-8-17(26-12-4-7-16(21)25-10-12)28-18(15)19-27-13-9-11(20(22,23)24)3-5-14(13)31-19/h3-10H,2H2,1H3,(H,26,28). The summed E-state index contributed by atoms with van der Waals surface area (Å²) in [5.74, 6) is -0.185. The predicted molar refractivity (Wildman–Crippen MR) is 112 cm³/mol. The number of anilines is 2. The number of halogens is 4. The average molecular weight is 483 g/mol. The molecule has 0 unspecified atom stereocenters. The molecule has 0 fully saturated rings. The summed E-state index contributed by atoms with van der Waals surface area (Å²) in [7, 11) is -3.74. The number of oxazole rings is 1. The van der Waals surface area contributed by atoms with E-state index in [1.165, 1.54) is 25.3 Å². The number of nitrogens with one attached hydrogen (secondary N) is 1. The van der Waals surface area contributed by atoms with Gasteiger partial charge in [-0.25, -0.2) is 23.4 Å². The Balaban J connectivity index is 1.83. The second-order valence-corrected chi connectivity index (χ2v) is 9.27. The quantitative estimate of drug-likeness (QED) is 0.375. The molecular weight excluding hydrogens is 469 g/mol. The number of alkyl halides is 3. The zero-order chi connectivity index (χ0) is 23.1. The number of benzene rings is 1. The van der Waals surface area contributed by atoms with Gasteiger partial charge in [0.25, 0.3) is 0 Å². The highest BCUT2D eigenvalue weighted by Gasteiger charge is 2.31. The SMILES string of the molecule is CCS(=O)(=O)c1ccc(Nc2ccc(Cl)nc2)nc1-c1nc2cc(C(F)(F)F)ccc2o1.